The molecule has 3 amide bonds. The van der Waals surface area contributed by atoms with Gasteiger partial charge in [0.15, 0.2) is 0 Å². The molecular formula is C26H21Cl2N3O3. The monoisotopic (exact) mass is 493 g/mol. The van der Waals surface area contributed by atoms with E-state index in [-0.39, 0.29) is 16.6 Å². The minimum absolute atomic E-state index is 0.0429. The Bertz CT molecular complexity index is 1360. The fourth-order valence-corrected chi connectivity index (χ4v) is 3.96. The standard InChI is InChI=1S/C26H21Cl2N3O3/c1-14-5-4-6-20(16(14)3)30-24(32)17-8-11-19(12-9-17)29-23-22(28)25(33)31(26(23)34)21-13-18(27)10-7-15(21)2/h4-13,29H,1-3H3,(H,30,32). The molecule has 0 saturated carbocycles. The molecule has 6 nitrogen and oxygen atoms in total. The molecule has 0 fully saturated rings. The summed E-state index contributed by atoms with van der Waals surface area (Å²) in [5.41, 5.74) is 4.81. The van der Waals surface area contributed by atoms with E-state index >= 15 is 0 Å². The summed E-state index contributed by atoms with van der Waals surface area (Å²) in [6.45, 7) is 5.70. The predicted molar refractivity (Wildman–Crippen MR) is 135 cm³/mol. The second-order valence-corrected chi connectivity index (χ2v) is 8.78. The number of benzene rings is 3. The Hall–Kier alpha value is -3.61. The summed E-state index contributed by atoms with van der Waals surface area (Å²) in [6.07, 6.45) is 0. The lowest BCUT2D eigenvalue weighted by molar-refractivity contribution is -0.120. The highest BCUT2D eigenvalue weighted by molar-refractivity contribution is 6.53. The van der Waals surface area contributed by atoms with Crippen LogP contribution < -0.4 is 15.5 Å². The molecule has 1 aliphatic heterocycles. The number of nitrogens with zero attached hydrogens (tertiary/aromatic N) is 1. The zero-order valence-corrected chi connectivity index (χ0v) is 20.2. The van der Waals surface area contributed by atoms with Crippen LogP contribution in [0.2, 0.25) is 5.02 Å². The van der Waals surface area contributed by atoms with E-state index in [9.17, 15) is 14.4 Å². The molecule has 4 rings (SSSR count). The fourth-order valence-electron chi connectivity index (χ4n) is 3.58. The third kappa shape index (κ3) is 4.42. The van der Waals surface area contributed by atoms with Gasteiger partial charge in [-0.2, -0.15) is 0 Å². The molecular weight excluding hydrogens is 473 g/mol. The quantitative estimate of drug-likeness (QED) is 0.430. The molecule has 0 spiro atoms. The van der Waals surface area contributed by atoms with Crippen molar-refractivity contribution in [3.05, 3.63) is 98.7 Å². The molecule has 3 aromatic carbocycles. The summed E-state index contributed by atoms with van der Waals surface area (Å²) in [7, 11) is 0. The lowest BCUT2D eigenvalue weighted by Gasteiger charge is -2.18. The van der Waals surface area contributed by atoms with E-state index in [1.807, 2.05) is 32.0 Å². The summed E-state index contributed by atoms with van der Waals surface area (Å²) in [6, 6.07) is 17.2. The van der Waals surface area contributed by atoms with Crippen molar-refractivity contribution in [2.45, 2.75) is 20.8 Å². The summed E-state index contributed by atoms with van der Waals surface area (Å²) in [4.78, 5) is 39.4. The summed E-state index contributed by atoms with van der Waals surface area (Å²) in [5, 5.41) is 5.99. The Morgan fingerprint density at radius 3 is 2.26 bits per heavy atom. The van der Waals surface area contributed by atoms with E-state index in [1.54, 1.807) is 49.4 Å². The van der Waals surface area contributed by atoms with Gasteiger partial charge in [-0.05, 0) is 79.9 Å². The highest BCUT2D eigenvalue weighted by Crippen LogP contribution is 2.33. The number of aryl methyl sites for hydroxylation is 2. The van der Waals surface area contributed by atoms with Gasteiger partial charge in [-0.25, -0.2) is 4.90 Å². The summed E-state index contributed by atoms with van der Waals surface area (Å²) in [5.74, 6) is -1.48. The van der Waals surface area contributed by atoms with Gasteiger partial charge in [-0.15, -0.1) is 0 Å². The lowest BCUT2D eigenvalue weighted by atomic mass is 10.1. The molecule has 0 unspecified atom stereocenters. The molecule has 172 valence electrons. The van der Waals surface area contributed by atoms with Crippen molar-refractivity contribution in [2.24, 2.45) is 0 Å². The van der Waals surface area contributed by atoms with E-state index < -0.39 is 11.8 Å². The number of rotatable bonds is 5. The molecule has 1 heterocycles. The molecule has 2 N–H and O–H groups in total. The van der Waals surface area contributed by atoms with Gasteiger partial charge in [0.1, 0.15) is 10.7 Å². The van der Waals surface area contributed by atoms with Crippen LogP contribution in [0.25, 0.3) is 0 Å². The highest BCUT2D eigenvalue weighted by Gasteiger charge is 2.39. The molecule has 3 aromatic rings. The largest absolute Gasteiger partial charge is 0.350 e. The first-order valence-electron chi connectivity index (χ1n) is 10.5. The van der Waals surface area contributed by atoms with Gasteiger partial charge >= 0.3 is 0 Å². The van der Waals surface area contributed by atoms with E-state index in [0.29, 0.717) is 27.5 Å². The van der Waals surface area contributed by atoms with Gasteiger partial charge in [-0.3, -0.25) is 14.4 Å². The van der Waals surface area contributed by atoms with Crippen molar-refractivity contribution in [3.63, 3.8) is 0 Å². The molecule has 0 bridgehead atoms. The SMILES string of the molecule is Cc1ccc(Cl)cc1N1C(=O)C(Cl)=C(Nc2ccc(C(=O)Nc3cccc(C)c3C)cc2)C1=O. The first-order chi connectivity index (χ1) is 16.2. The summed E-state index contributed by atoms with van der Waals surface area (Å²) >= 11 is 12.3. The van der Waals surface area contributed by atoms with Gasteiger partial charge in [0, 0.05) is 22.0 Å². The van der Waals surface area contributed by atoms with Crippen LogP contribution in [-0.4, -0.2) is 17.7 Å². The maximum absolute atomic E-state index is 13.0. The number of hydrogen-bond donors (Lipinski definition) is 2. The molecule has 0 atom stereocenters. The zero-order chi connectivity index (χ0) is 24.6. The Morgan fingerprint density at radius 1 is 0.853 bits per heavy atom. The second-order valence-electron chi connectivity index (χ2n) is 7.97. The number of amides is 3. The van der Waals surface area contributed by atoms with E-state index in [2.05, 4.69) is 10.6 Å². The number of anilines is 3. The molecule has 0 aromatic heterocycles. The normalized spacial score (nSPS) is 13.5. The van der Waals surface area contributed by atoms with Crippen LogP contribution >= 0.6 is 23.2 Å². The van der Waals surface area contributed by atoms with Crippen LogP contribution in [0.15, 0.2) is 71.4 Å². The van der Waals surface area contributed by atoms with Crippen molar-refractivity contribution in [2.75, 3.05) is 15.5 Å². The fraction of sp³-hybridized carbons (Fsp3) is 0.115. The first-order valence-corrected chi connectivity index (χ1v) is 11.2. The van der Waals surface area contributed by atoms with Crippen molar-refractivity contribution in [1.82, 2.24) is 0 Å². The van der Waals surface area contributed by atoms with Crippen molar-refractivity contribution in [3.8, 4) is 0 Å². The number of imide groups is 1. The minimum Gasteiger partial charge on any atom is -0.350 e. The smallest absolute Gasteiger partial charge is 0.283 e. The first kappa shape index (κ1) is 23.5. The maximum atomic E-state index is 13.0. The van der Waals surface area contributed by atoms with Crippen LogP contribution in [0.4, 0.5) is 17.1 Å². The highest BCUT2D eigenvalue weighted by atomic mass is 35.5. The van der Waals surface area contributed by atoms with Gasteiger partial charge in [0.2, 0.25) is 0 Å². The Balaban J connectivity index is 1.51. The van der Waals surface area contributed by atoms with Crippen molar-refractivity contribution < 1.29 is 14.4 Å². The number of carbonyl (C=O) groups is 3. The van der Waals surface area contributed by atoms with Crippen LogP contribution in [0.5, 0.6) is 0 Å². The molecule has 1 aliphatic rings. The van der Waals surface area contributed by atoms with Crippen LogP contribution in [0, 0.1) is 20.8 Å². The second kappa shape index (κ2) is 9.33. The average Bonchev–Trinajstić information content (AvgIpc) is 3.02. The van der Waals surface area contributed by atoms with Crippen molar-refractivity contribution in [1.29, 1.82) is 0 Å². The molecule has 8 heteroatoms. The van der Waals surface area contributed by atoms with Crippen molar-refractivity contribution >= 4 is 58.0 Å². The average molecular weight is 494 g/mol. The Kier molecular flexibility index (Phi) is 6.46. The van der Waals surface area contributed by atoms with Crippen LogP contribution in [-0.2, 0) is 9.59 Å². The third-order valence-electron chi connectivity index (χ3n) is 5.71. The molecule has 34 heavy (non-hydrogen) atoms. The van der Waals surface area contributed by atoms with Gasteiger partial charge in [-0.1, -0.05) is 41.4 Å². The zero-order valence-electron chi connectivity index (χ0n) is 18.7. The maximum Gasteiger partial charge on any atom is 0.283 e. The van der Waals surface area contributed by atoms with E-state index in [1.165, 1.54) is 0 Å². The Morgan fingerprint density at radius 2 is 1.56 bits per heavy atom. The lowest BCUT2D eigenvalue weighted by Crippen LogP contribution is -2.32. The van der Waals surface area contributed by atoms with Crippen LogP contribution in [0.3, 0.4) is 0 Å². The minimum atomic E-state index is -0.635. The molecule has 0 aliphatic carbocycles. The molecule has 0 radical (unpaired) electrons. The predicted octanol–water partition coefficient (Wildman–Crippen LogP) is 5.95. The van der Waals surface area contributed by atoms with Crippen LogP contribution in [0.1, 0.15) is 27.0 Å². The van der Waals surface area contributed by atoms with Gasteiger partial charge in [0.25, 0.3) is 17.7 Å². The molecule has 0 saturated heterocycles. The van der Waals surface area contributed by atoms with Gasteiger partial charge < -0.3 is 10.6 Å². The number of carbonyl (C=O) groups excluding carboxylic acids is 3. The number of hydrogen-bond acceptors (Lipinski definition) is 4. The topological polar surface area (TPSA) is 78.5 Å². The third-order valence-corrected chi connectivity index (χ3v) is 6.29. The van der Waals surface area contributed by atoms with Gasteiger partial charge in [0.05, 0.1) is 5.69 Å². The number of halogens is 2. The number of nitrogens with one attached hydrogen (secondary N) is 2. The van der Waals surface area contributed by atoms with E-state index in [0.717, 1.165) is 21.7 Å². The summed E-state index contributed by atoms with van der Waals surface area (Å²) < 4.78 is 0. The van der Waals surface area contributed by atoms with E-state index in [4.69, 9.17) is 23.2 Å². The Labute approximate surface area is 207 Å².